The van der Waals surface area contributed by atoms with Crippen LogP contribution in [0.1, 0.15) is 74.7 Å². The number of methoxy groups -OCH3 is 2. The average Bonchev–Trinajstić information content (AvgIpc) is 2.85. The van der Waals surface area contributed by atoms with Gasteiger partial charge < -0.3 is 33.9 Å². The Morgan fingerprint density at radius 2 is 1.66 bits per heavy atom. The van der Waals surface area contributed by atoms with E-state index in [1.807, 2.05) is 53.7 Å². The number of aliphatic hydroxyl groups is 1. The van der Waals surface area contributed by atoms with Crippen LogP contribution in [0.5, 0.6) is 0 Å². The zero-order chi connectivity index (χ0) is 29.8. The number of Topliss-reactive ketones (excluding diaryl/α,β-unsaturated/α-hetero) is 1. The van der Waals surface area contributed by atoms with Crippen LogP contribution in [0.3, 0.4) is 0 Å². The lowest BCUT2D eigenvalue weighted by molar-refractivity contribution is -0.242. The van der Waals surface area contributed by atoms with Crippen LogP contribution in [0, 0.1) is 17.3 Å². The Balaban J connectivity index is 0.000000770. The van der Waals surface area contributed by atoms with Crippen molar-refractivity contribution in [1.29, 1.82) is 0 Å². The second kappa shape index (κ2) is 16.9. The molecule has 0 bridgehead atoms. The van der Waals surface area contributed by atoms with Crippen molar-refractivity contribution in [2.24, 2.45) is 17.3 Å². The van der Waals surface area contributed by atoms with Crippen molar-refractivity contribution < 1.29 is 33.6 Å². The average molecular weight is 547 g/mol. The smallest absolute Gasteiger partial charge is 0.319 e. The number of hydrogen-bond acceptors (Lipinski definition) is 9. The van der Waals surface area contributed by atoms with Crippen LogP contribution in [0.15, 0.2) is 0 Å². The summed E-state index contributed by atoms with van der Waals surface area (Å²) in [6.07, 6.45) is 1.12. The van der Waals surface area contributed by atoms with Crippen LogP contribution in [0.2, 0.25) is 0 Å². The Hall–Kier alpha value is -1.10. The maximum atomic E-state index is 12.6. The van der Waals surface area contributed by atoms with Gasteiger partial charge in [-0.2, -0.15) is 0 Å². The maximum absolute atomic E-state index is 12.6. The maximum Gasteiger partial charge on any atom is 0.319 e. The molecule has 0 amide bonds. The highest BCUT2D eigenvalue weighted by Crippen LogP contribution is 2.34. The predicted molar refractivity (Wildman–Crippen MR) is 151 cm³/mol. The Labute approximate surface area is 232 Å². The Morgan fingerprint density at radius 3 is 2.16 bits per heavy atom. The summed E-state index contributed by atoms with van der Waals surface area (Å²) in [5, 5.41) is 9.83. The van der Waals surface area contributed by atoms with Gasteiger partial charge in [0.2, 0.25) is 0 Å². The summed E-state index contributed by atoms with van der Waals surface area (Å²) < 4.78 is 21.6. The quantitative estimate of drug-likeness (QED) is 0.420. The van der Waals surface area contributed by atoms with E-state index < -0.39 is 23.8 Å². The lowest BCUT2D eigenvalue weighted by atomic mass is 9.76. The molecule has 2 aliphatic heterocycles. The fourth-order valence-corrected chi connectivity index (χ4v) is 4.94. The number of ketones is 1. The molecule has 2 fully saturated rings. The van der Waals surface area contributed by atoms with Gasteiger partial charge >= 0.3 is 5.97 Å². The minimum absolute atomic E-state index is 0.0283. The molecule has 7 atom stereocenters. The predicted octanol–water partition coefficient (Wildman–Crippen LogP) is 3.61. The molecule has 0 radical (unpaired) electrons. The number of aliphatic hydroxyl groups excluding tert-OH is 1. The monoisotopic (exact) mass is 546 g/mol. The van der Waals surface area contributed by atoms with Crippen molar-refractivity contribution in [1.82, 2.24) is 9.80 Å². The van der Waals surface area contributed by atoms with E-state index >= 15 is 0 Å². The molecule has 226 valence electrons. The van der Waals surface area contributed by atoms with Gasteiger partial charge in [0, 0.05) is 39.8 Å². The van der Waals surface area contributed by atoms with Crippen LogP contribution in [0.25, 0.3) is 0 Å². The minimum atomic E-state index is -1.11. The third-order valence-corrected chi connectivity index (χ3v) is 7.80. The fraction of sp³-hybridized carbons (Fsp3) is 0.931. The largest absolute Gasteiger partial charge is 0.464 e. The van der Waals surface area contributed by atoms with Gasteiger partial charge in [0.05, 0.1) is 11.7 Å². The van der Waals surface area contributed by atoms with E-state index in [9.17, 15) is 14.7 Å². The van der Waals surface area contributed by atoms with Crippen LogP contribution in [0.4, 0.5) is 0 Å². The van der Waals surface area contributed by atoms with Gasteiger partial charge in [-0.15, -0.1) is 0 Å². The molecule has 2 saturated heterocycles. The van der Waals surface area contributed by atoms with Crippen molar-refractivity contribution in [2.45, 2.75) is 105 Å². The molecule has 2 heterocycles. The summed E-state index contributed by atoms with van der Waals surface area (Å²) in [7, 11) is 9.19. The molecule has 0 aliphatic carbocycles. The van der Waals surface area contributed by atoms with E-state index in [-0.39, 0.29) is 29.4 Å². The molecule has 1 N–H and O–H groups in total. The number of nitrogens with zero attached hydrogens (tertiary/aromatic N) is 2. The Morgan fingerprint density at radius 1 is 1.08 bits per heavy atom. The van der Waals surface area contributed by atoms with Crippen molar-refractivity contribution in [2.75, 3.05) is 55.1 Å². The van der Waals surface area contributed by atoms with Gasteiger partial charge in [-0.25, -0.2) is 0 Å². The number of carbonyl (C=O) groups is 2. The highest BCUT2D eigenvalue weighted by Gasteiger charge is 2.42. The van der Waals surface area contributed by atoms with Crippen LogP contribution in [-0.4, -0.2) is 112 Å². The normalized spacial score (nSPS) is 35.3. The summed E-state index contributed by atoms with van der Waals surface area (Å²) in [5.74, 6) is -0.0689. The Bertz CT molecular complexity index is 702. The molecule has 38 heavy (non-hydrogen) atoms. The topological polar surface area (TPSA) is 97.8 Å². The molecular formula is C29H58N2O7. The first kappa shape index (κ1) is 36.9. The first-order valence-corrected chi connectivity index (χ1v) is 14.1. The number of likely N-dealkylation sites (N-methyl/N-ethyl adjacent to an activating group) is 2. The standard InChI is InChI=1S/C18H33NO4.C9H19NO3.C2H6/c1-13-11-18(5,22-7)14(2)10-15(20)17(3,4)16(21)23-9-8-19(6)12-13;1-6-5-7(10(2)3)8(11)9(12-4)13-6;1-2/h13-14H,8-12H2,1-7H3;6-9,11H,5H2,1-4H3;1-2H3/t13?,14-,18-;6-,7+,8-,9?;/m11./s1. The van der Waals surface area contributed by atoms with Gasteiger partial charge in [-0.05, 0) is 73.5 Å². The SMILES string of the molecule is CC.COC1O[C@H](C)C[C@H](N(C)C)[C@H]1O.CO[C@]1(C)CC(C)CN(C)CCOC(=O)C(C)(C)C(=O)C[C@H]1C. The Kier molecular flexibility index (Phi) is 16.4. The molecule has 0 aromatic rings. The number of ether oxygens (including phenoxy) is 4. The van der Waals surface area contributed by atoms with Gasteiger partial charge in [0.1, 0.15) is 23.9 Å². The van der Waals surface area contributed by atoms with Crippen molar-refractivity contribution in [3.05, 3.63) is 0 Å². The van der Waals surface area contributed by atoms with Crippen LogP contribution in [-0.2, 0) is 28.5 Å². The number of esters is 1. The summed E-state index contributed by atoms with van der Waals surface area (Å²) >= 11 is 0. The zero-order valence-electron chi connectivity index (χ0n) is 26.5. The fourth-order valence-electron chi connectivity index (χ4n) is 4.94. The second-order valence-corrected chi connectivity index (χ2v) is 11.7. The van der Waals surface area contributed by atoms with Gasteiger partial charge in [0.15, 0.2) is 6.29 Å². The molecule has 9 heteroatoms. The first-order valence-electron chi connectivity index (χ1n) is 14.1. The first-order chi connectivity index (χ1) is 17.6. The summed E-state index contributed by atoms with van der Waals surface area (Å²) in [4.78, 5) is 29.1. The second-order valence-electron chi connectivity index (χ2n) is 11.7. The van der Waals surface area contributed by atoms with Crippen molar-refractivity contribution in [3.8, 4) is 0 Å². The number of cyclic esters (lactones) is 1. The van der Waals surface area contributed by atoms with E-state index in [1.165, 1.54) is 0 Å². The minimum Gasteiger partial charge on any atom is -0.464 e. The van der Waals surface area contributed by atoms with E-state index in [2.05, 4.69) is 18.7 Å². The van der Waals surface area contributed by atoms with Crippen LogP contribution < -0.4 is 0 Å². The number of hydrogen-bond donors (Lipinski definition) is 1. The zero-order valence-corrected chi connectivity index (χ0v) is 26.5. The molecule has 2 rings (SSSR count). The highest BCUT2D eigenvalue weighted by atomic mass is 16.7. The van der Waals surface area contributed by atoms with E-state index in [1.54, 1.807) is 28.1 Å². The lowest BCUT2D eigenvalue weighted by Crippen LogP contribution is -2.53. The summed E-state index contributed by atoms with van der Waals surface area (Å²) in [6, 6.07) is 0.119. The summed E-state index contributed by atoms with van der Waals surface area (Å²) in [6.45, 7) is 17.5. The lowest BCUT2D eigenvalue weighted by Gasteiger charge is -2.40. The molecule has 2 unspecified atom stereocenters. The number of rotatable bonds is 3. The highest BCUT2D eigenvalue weighted by molar-refractivity contribution is 6.03. The van der Waals surface area contributed by atoms with Gasteiger partial charge in [-0.1, -0.05) is 27.7 Å². The number of carbonyl (C=O) groups excluding carboxylic acids is 2. The molecular weight excluding hydrogens is 488 g/mol. The molecule has 0 aromatic carbocycles. The van der Waals surface area contributed by atoms with E-state index in [0.29, 0.717) is 25.5 Å². The third-order valence-electron chi connectivity index (χ3n) is 7.80. The van der Waals surface area contributed by atoms with Gasteiger partial charge in [-0.3, -0.25) is 9.59 Å². The van der Waals surface area contributed by atoms with Crippen molar-refractivity contribution >= 4 is 11.8 Å². The molecule has 0 saturated carbocycles. The van der Waals surface area contributed by atoms with E-state index in [4.69, 9.17) is 18.9 Å². The molecule has 9 nitrogen and oxygen atoms in total. The third kappa shape index (κ3) is 10.8. The van der Waals surface area contributed by atoms with E-state index in [0.717, 1.165) is 19.4 Å². The molecule has 2 aliphatic rings. The molecule has 0 aromatic heterocycles. The van der Waals surface area contributed by atoms with Gasteiger partial charge in [0.25, 0.3) is 0 Å². The molecule has 0 spiro atoms. The van der Waals surface area contributed by atoms with Crippen molar-refractivity contribution in [3.63, 3.8) is 0 Å². The van der Waals surface area contributed by atoms with Crippen LogP contribution >= 0.6 is 0 Å². The summed E-state index contributed by atoms with van der Waals surface area (Å²) in [5.41, 5.74) is -1.49.